The summed E-state index contributed by atoms with van der Waals surface area (Å²) in [4.78, 5) is 4.63. The first-order valence-corrected chi connectivity index (χ1v) is 21.0. The molecule has 8 rings (SSSR count). The molecule has 0 aliphatic carbocycles. The van der Waals surface area contributed by atoms with Gasteiger partial charge in [-0.25, -0.2) is 0 Å². The summed E-state index contributed by atoms with van der Waals surface area (Å²) < 4.78 is 2.59. The van der Waals surface area contributed by atoms with E-state index in [9.17, 15) is 0 Å². The van der Waals surface area contributed by atoms with Crippen LogP contribution in [0.2, 0.25) is 0 Å². The Morgan fingerprint density at radius 1 is 0.836 bits per heavy atom. The molecule has 4 heterocycles. The van der Waals surface area contributed by atoms with Crippen molar-refractivity contribution in [3.63, 3.8) is 0 Å². The van der Waals surface area contributed by atoms with Gasteiger partial charge in [0.15, 0.2) is 0 Å². The summed E-state index contributed by atoms with van der Waals surface area (Å²) in [7, 11) is 28.7. The highest BCUT2D eigenvalue weighted by atomic mass is 32.1. The number of anilines is 5. The molecule has 5 aromatic rings. The second kappa shape index (κ2) is 13.0. The SMILES string of the molecule is [B]C1([B])c2cc(C(C)C)cc3c2N(c2cc(CCC(CC)CC=C)cc4c2B3c2sc3ccc(C(C)(C)C)cc3c2N4c2ccc(C(C)(C)C)cc2)C1([B])[B]. The Morgan fingerprint density at radius 3 is 2.11 bits per heavy atom. The van der Waals surface area contributed by atoms with Crippen LogP contribution in [0.5, 0.6) is 0 Å². The molecule has 2 nitrogen and oxygen atoms in total. The van der Waals surface area contributed by atoms with Crippen molar-refractivity contribution in [2.75, 3.05) is 9.80 Å². The lowest BCUT2D eigenvalue weighted by Crippen LogP contribution is -2.65. The summed E-state index contributed by atoms with van der Waals surface area (Å²) in [6, 6.07) is 25.6. The van der Waals surface area contributed by atoms with E-state index in [1.165, 1.54) is 53.7 Å². The van der Waals surface area contributed by atoms with E-state index in [2.05, 4.69) is 151 Å². The van der Waals surface area contributed by atoms with Crippen LogP contribution in [-0.4, -0.2) is 43.4 Å². The van der Waals surface area contributed by atoms with Crippen molar-refractivity contribution in [2.24, 2.45) is 5.92 Å². The van der Waals surface area contributed by atoms with E-state index in [4.69, 9.17) is 31.4 Å². The minimum absolute atomic E-state index is 0.00864. The normalized spacial score (nSPS) is 17.0. The maximum atomic E-state index is 7.24. The Kier molecular flexibility index (Phi) is 9.09. The van der Waals surface area contributed by atoms with Gasteiger partial charge in [0.25, 0.3) is 6.71 Å². The number of nitrogens with zero attached hydrogens (tertiary/aromatic N) is 2. The fourth-order valence-electron chi connectivity index (χ4n) is 9.21. The molecule has 4 aromatic carbocycles. The zero-order valence-corrected chi connectivity index (χ0v) is 35.1. The average molecular weight is 730 g/mol. The molecule has 0 N–H and O–H groups in total. The average Bonchev–Trinajstić information content (AvgIpc) is 3.57. The first-order chi connectivity index (χ1) is 25.8. The summed E-state index contributed by atoms with van der Waals surface area (Å²) >= 11 is 1.90. The van der Waals surface area contributed by atoms with Gasteiger partial charge in [0.05, 0.1) is 37.1 Å². The van der Waals surface area contributed by atoms with Gasteiger partial charge in [0.2, 0.25) is 0 Å². The molecule has 0 saturated heterocycles. The predicted octanol–water partition coefficient (Wildman–Crippen LogP) is 9.40. The van der Waals surface area contributed by atoms with Gasteiger partial charge in [0, 0.05) is 37.6 Å². The topological polar surface area (TPSA) is 6.48 Å². The monoisotopic (exact) mass is 730 g/mol. The fourth-order valence-corrected chi connectivity index (χ4v) is 10.5. The highest BCUT2D eigenvalue weighted by Crippen LogP contribution is 2.54. The molecule has 270 valence electrons. The zero-order valence-electron chi connectivity index (χ0n) is 34.3. The Morgan fingerprint density at radius 2 is 1.49 bits per heavy atom. The van der Waals surface area contributed by atoms with Crippen LogP contribution in [0.1, 0.15) is 115 Å². The molecule has 55 heavy (non-hydrogen) atoms. The maximum absolute atomic E-state index is 7.24. The molecule has 1 unspecified atom stereocenters. The molecule has 0 fully saturated rings. The van der Waals surface area contributed by atoms with Crippen LogP contribution < -0.4 is 25.5 Å². The van der Waals surface area contributed by atoms with Crippen LogP contribution in [0.4, 0.5) is 28.4 Å². The van der Waals surface area contributed by atoms with Crippen molar-refractivity contribution in [3.05, 3.63) is 107 Å². The van der Waals surface area contributed by atoms with Crippen molar-refractivity contribution in [1.29, 1.82) is 0 Å². The number of allylic oxidation sites excluding steroid dienone is 1. The standard InChI is InChI=1S/C47H51B5N2S/c1-11-13-28(12-2)14-15-29-22-37-40-38(23-29)54-42-35(46(48,49)47(54,50)51)24-30(27(3)4)25-36(42)52(40)43-41(34-26-32(45(8,9)10)18-21-39(34)55-43)53(37)33-19-16-31(17-20-33)44(5,6)7/h11,16-28H,1,12-15H2,2-10H3. The number of benzene rings is 4. The van der Waals surface area contributed by atoms with Crippen LogP contribution in [0.15, 0.2) is 79.4 Å². The van der Waals surface area contributed by atoms with Gasteiger partial charge in [-0.1, -0.05) is 110 Å². The molecule has 8 radical (unpaired) electrons. The Balaban J connectivity index is 1.49. The second-order valence-electron chi connectivity index (χ2n) is 18.9. The molecular weight excluding hydrogens is 679 g/mol. The lowest BCUT2D eigenvalue weighted by atomic mass is 9.33. The van der Waals surface area contributed by atoms with Crippen LogP contribution >= 0.6 is 11.3 Å². The third kappa shape index (κ3) is 5.85. The number of thiophene rings is 1. The van der Waals surface area contributed by atoms with Crippen molar-refractivity contribution in [3.8, 4) is 0 Å². The van der Waals surface area contributed by atoms with E-state index >= 15 is 0 Å². The van der Waals surface area contributed by atoms with Gasteiger partial charge < -0.3 is 9.80 Å². The first kappa shape index (κ1) is 38.4. The zero-order chi connectivity index (χ0) is 39.6. The summed E-state index contributed by atoms with van der Waals surface area (Å²) in [5.74, 6) is 0.804. The minimum atomic E-state index is -1.58. The summed E-state index contributed by atoms with van der Waals surface area (Å²) in [5, 5.41) is -1.80. The molecule has 0 spiro atoms. The molecule has 0 bridgehead atoms. The number of hydrogen-bond acceptors (Lipinski definition) is 3. The van der Waals surface area contributed by atoms with Crippen molar-refractivity contribution in [1.82, 2.24) is 0 Å². The quantitative estimate of drug-likeness (QED) is 0.114. The lowest BCUT2D eigenvalue weighted by molar-refractivity contribution is 0.477. The molecule has 8 heteroatoms. The minimum Gasteiger partial charge on any atom is -0.355 e. The van der Waals surface area contributed by atoms with Crippen molar-refractivity contribution < 1.29 is 0 Å². The smallest absolute Gasteiger partial charge is 0.264 e. The van der Waals surface area contributed by atoms with Crippen LogP contribution in [-0.2, 0) is 22.5 Å². The molecule has 1 aromatic heterocycles. The third-order valence-electron chi connectivity index (χ3n) is 12.8. The molecule has 0 saturated carbocycles. The van der Waals surface area contributed by atoms with E-state index in [-0.39, 0.29) is 23.5 Å². The van der Waals surface area contributed by atoms with E-state index in [0.717, 1.165) is 54.0 Å². The third-order valence-corrected chi connectivity index (χ3v) is 14.0. The second-order valence-corrected chi connectivity index (χ2v) is 20.0. The van der Waals surface area contributed by atoms with Gasteiger partial charge in [0.1, 0.15) is 0 Å². The number of fused-ring (bicyclic) bond motifs is 6. The van der Waals surface area contributed by atoms with Crippen molar-refractivity contribution >= 4 is 104 Å². The Hall–Kier alpha value is -3.50. The van der Waals surface area contributed by atoms with Crippen LogP contribution in [0, 0.1) is 5.92 Å². The van der Waals surface area contributed by atoms with Gasteiger partial charge in [-0.05, 0) is 122 Å². The number of rotatable bonds is 8. The van der Waals surface area contributed by atoms with E-state index in [0.29, 0.717) is 5.92 Å². The van der Waals surface area contributed by atoms with Gasteiger partial charge in [-0.2, -0.15) is 0 Å². The molecule has 0 amide bonds. The van der Waals surface area contributed by atoms with Gasteiger partial charge in [-0.3, -0.25) is 0 Å². The van der Waals surface area contributed by atoms with Gasteiger partial charge in [-0.15, -0.1) is 17.9 Å². The number of aryl methyl sites for hydroxylation is 1. The molecular formula is C47H51B5N2S. The van der Waals surface area contributed by atoms with E-state index in [1.807, 2.05) is 11.3 Å². The highest BCUT2D eigenvalue weighted by Gasteiger charge is 2.56. The first-order valence-electron chi connectivity index (χ1n) is 20.2. The largest absolute Gasteiger partial charge is 0.355 e. The maximum Gasteiger partial charge on any atom is 0.264 e. The van der Waals surface area contributed by atoms with Crippen LogP contribution in [0.25, 0.3) is 10.1 Å². The predicted molar refractivity (Wildman–Crippen MR) is 246 cm³/mol. The summed E-state index contributed by atoms with van der Waals surface area (Å²) in [6.07, 6.45) is 6.14. The fraction of sp³-hybridized carbons (Fsp3) is 0.404. The summed E-state index contributed by atoms with van der Waals surface area (Å²) in [5.41, 5.74) is 13.8. The summed E-state index contributed by atoms with van der Waals surface area (Å²) in [6.45, 7) is 24.4. The van der Waals surface area contributed by atoms with Gasteiger partial charge >= 0.3 is 0 Å². The van der Waals surface area contributed by atoms with E-state index < -0.39 is 10.6 Å². The highest BCUT2D eigenvalue weighted by molar-refractivity contribution is 7.33. The van der Waals surface area contributed by atoms with Crippen molar-refractivity contribution in [2.45, 2.75) is 115 Å². The van der Waals surface area contributed by atoms with E-state index in [1.54, 1.807) is 0 Å². The molecule has 3 aliphatic heterocycles. The Bertz CT molecular complexity index is 2340. The lowest BCUT2D eigenvalue weighted by Gasteiger charge is -2.49. The molecule has 3 aliphatic rings. The Labute approximate surface area is 340 Å². The van der Waals surface area contributed by atoms with Crippen LogP contribution in [0.3, 0.4) is 0 Å². The number of hydrogen-bond donors (Lipinski definition) is 0. The molecule has 1 atom stereocenters.